The summed E-state index contributed by atoms with van der Waals surface area (Å²) in [6.45, 7) is 6.05. The Bertz CT molecular complexity index is 364. The monoisotopic (exact) mass is 236 g/mol. The number of nitrogens with one attached hydrogen (secondary N) is 1. The number of ether oxygens (including phenoxy) is 1. The average Bonchev–Trinajstić information content (AvgIpc) is 2.84. The highest BCUT2D eigenvalue weighted by atomic mass is 16.5. The van der Waals surface area contributed by atoms with Gasteiger partial charge in [0.25, 0.3) is 0 Å². The maximum atomic E-state index is 5.71. The molecular weight excluding hydrogens is 216 g/mol. The summed E-state index contributed by atoms with van der Waals surface area (Å²) in [5.41, 5.74) is 0.977. The molecule has 0 aromatic carbocycles. The third-order valence-electron chi connectivity index (χ3n) is 2.99. The number of anilines is 1. The van der Waals surface area contributed by atoms with Crippen LogP contribution >= 0.6 is 0 Å². The molecule has 1 saturated heterocycles. The lowest BCUT2D eigenvalue weighted by atomic mass is 10.4. The SMILES string of the molecule is CNc1ncc(C)c(OCCN2CCCC2)n1. The molecule has 0 atom stereocenters. The molecule has 1 fully saturated rings. The number of aromatic nitrogens is 2. The molecule has 2 heterocycles. The van der Waals surface area contributed by atoms with E-state index in [2.05, 4.69) is 20.2 Å². The van der Waals surface area contributed by atoms with E-state index < -0.39 is 0 Å². The van der Waals surface area contributed by atoms with Gasteiger partial charge in [0.15, 0.2) is 0 Å². The Kier molecular flexibility index (Phi) is 4.14. The first-order valence-electron chi connectivity index (χ1n) is 6.16. The van der Waals surface area contributed by atoms with Crippen molar-refractivity contribution in [2.45, 2.75) is 19.8 Å². The summed E-state index contributed by atoms with van der Waals surface area (Å²) in [6.07, 6.45) is 4.41. The van der Waals surface area contributed by atoms with Crippen LogP contribution in [0.4, 0.5) is 5.95 Å². The third kappa shape index (κ3) is 3.30. The van der Waals surface area contributed by atoms with Crippen LogP contribution in [-0.4, -0.2) is 48.2 Å². The maximum absolute atomic E-state index is 5.71. The van der Waals surface area contributed by atoms with Crippen molar-refractivity contribution in [1.82, 2.24) is 14.9 Å². The second kappa shape index (κ2) is 5.82. The first-order valence-corrected chi connectivity index (χ1v) is 6.16. The number of rotatable bonds is 5. The van der Waals surface area contributed by atoms with Crippen molar-refractivity contribution in [2.75, 3.05) is 38.6 Å². The third-order valence-corrected chi connectivity index (χ3v) is 2.99. The molecule has 1 N–H and O–H groups in total. The topological polar surface area (TPSA) is 50.3 Å². The Balaban J connectivity index is 1.84. The van der Waals surface area contributed by atoms with Crippen LogP contribution in [0.2, 0.25) is 0 Å². The number of hydrogen-bond donors (Lipinski definition) is 1. The first kappa shape index (κ1) is 12.1. The zero-order valence-electron chi connectivity index (χ0n) is 10.6. The molecule has 0 amide bonds. The van der Waals surface area contributed by atoms with Gasteiger partial charge >= 0.3 is 0 Å². The molecule has 0 spiro atoms. The summed E-state index contributed by atoms with van der Waals surface area (Å²) in [4.78, 5) is 10.8. The minimum atomic E-state index is 0.603. The smallest absolute Gasteiger partial charge is 0.225 e. The summed E-state index contributed by atoms with van der Waals surface area (Å²) in [6, 6.07) is 0. The van der Waals surface area contributed by atoms with Crippen molar-refractivity contribution >= 4 is 5.95 Å². The summed E-state index contributed by atoms with van der Waals surface area (Å²) in [5, 5.41) is 2.91. The van der Waals surface area contributed by atoms with Gasteiger partial charge < -0.3 is 10.1 Å². The molecule has 0 unspecified atom stereocenters. The predicted octanol–water partition coefficient (Wildman–Crippen LogP) is 1.30. The summed E-state index contributed by atoms with van der Waals surface area (Å²) < 4.78 is 5.71. The van der Waals surface area contributed by atoms with Crippen LogP contribution < -0.4 is 10.1 Å². The van der Waals surface area contributed by atoms with Crippen LogP contribution in [0.5, 0.6) is 5.88 Å². The average molecular weight is 236 g/mol. The molecule has 0 radical (unpaired) electrons. The fraction of sp³-hybridized carbons (Fsp3) is 0.667. The number of aryl methyl sites for hydroxylation is 1. The fourth-order valence-electron chi connectivity index (χ4n) is 1.97. The van der Waals surface area contributed by atoms with Gasteiger partial charge in [-0.3, -0.25) is 4.90 Å². The molecule has 1 aliphatic heterocycles. The Labute approximate surface area is 102 Å². The van der Waals surface area contributed by atoms with Gasteiger partial charge in [0, 0.05) is 25.4 Å². The molecule has 1 aromatic heterocycles. The molecule has 1 aliphatic rings. The highest BCUT2D eigenvalue weighted by Crippen LogP contribution is 2.15. The van der Waals surface area contributed by atoms with E-state index in [4.69, 9.17) is 4.74 Å². The van der Waals surface area contributed by atoms with E-state index >= 15 is 0 Å². The lowest BCUT2D eigenvalue weighted by molar-refractivity contribution is 0.231. The van der Waals surface area contributed by atoms with Crippen molar-refractivity contribution in [3.8, 4) is 5.88 Å². The molecule has 17 heavy (non-hydrogen) atoms. The molecule has 5 heteroatoms. The molecular formula is C12H20N4O. The molecule has 0 aliphatic carbocycles. The normalized spacial score (nSPS) is 16.1. The van der Waals surface area contributed by atoms with E-state index in [-0.39, 0.29) is 0 Å². The van der Waals surface area contributed by atoms with E-state index in [0.717, 1.165) is 12.1 Å². The van der Waals surface area contributed by atoms with E-state index in [1.165, 1.54) is 25.9 Å². The van der Waals surface area contributed by atoms with Gasteiger partial charge in [0.2, 0.25) is 11.8 Å². The minimum Gasteiger partial charge on any atom is -0.476 e. The standard InChI is InChI=1S/C12H20N4O/c1-10-9-14-12(13-2)15-11(10)17-8-7-16-5-3-4-6-16/h9H,3-8H2,1-2H3,(H,13,14,15). The first-order chi connectivity index (χ1) is 8.29. The number of nitrogens with zero attached hydrogens (tertiary/aromatic N) is 3. The van der Waals surface area contributed by atoms with E-state index in [0.29, 0.717) is 18.4 Å². The second-order valence-corrected chi connectivity index (χ2v) is 4.33. The van der Waals surface area contributed by atoms with E-state index in [1.54, 1.807) is 13.2 Å². The van der Waals surface area contributed by atoms with Gasteiger partial charge in [0.1, 0.15) is 6.61 Å². The van der Waals surface area contributed by atoms with Crippen molar-refractivity contribution in [1.29, 1.82) is 0 Å². The van der Waals surface area contributed by atoms with Crippen LogP contribution in [0, 0.1) is 6.92 Å². The highest BCUT2D eigenvalue weighted by molar-refractivity contribution is 5.31. The van der Waals surface area contributed by atoms with E-state index in [1.807, 2.05) is 6.92 Å². The Morgan fingerprint density at radius 2 is 2.18 bits per heavy atom. The molecule has 0 saturated carbocycles. The number of likely N-dealkylation sites (tertiary alicyclic amines) is 1. The predicted molar refractivity (Wildman–Crippen MR) is 67.5 cm³/mol. The fourth-order valence-corrected chi connectivity index (χ4v) is 1.97. The van der Waals surface area contributed by atoms with Crippen LogP contribution in [0.3, 0.4) is 0 Å². The van der Waals surface area contributed by atoms with Crippen LogP contribution in [0.25, 0.3) is 0 Å². The van der Waals surface area contributed by atoms with Crippen LogP contribution in [0.15, 0.2) is 6.20 Å². The second-order valence-electron chi connectivity index (χ2n) is 4.33. The van der Waals surface area contributed by atoms with Gasteiger partial charge in [-0.05, 0) is 32.9 Å². The van der Waals surface area contributed by atoms with Crippen molar-refractivity contribution < 1.29 is 4.74 Å². The molecule has 2 rings (SSSR count). The Morgan fingerprint density at radius 3 is 2.88 bits per heavy atom. The maximum Gasteiger partial charge on any atom is 0.225 e. The minimum absolute atomic E-state index is 0.603. The molecule has 1 aromatic rings. The van der Waals surface area contributed by atoms with Gasteiger partial charge in [-0.2, -0.15) is 4.98 Å². The van der Waals surface area contributed by atoms with Crippen molar-refractivity contribution in [3.05, 3.63) is 11.8 Å². The lowest BCUT2D eigenvalue weighted by Crippen LogP contribution is -2.25. The lowest BCUT2D eigenvalue weighted by Gasteiger charge is -2.15. The van der Waals surface area contributed by atoms with Gasteiger partial charge in [-0.15, -0.1) is 0 Å². The van der Waals surface area contributed by atoms with Crippen molar-refractivity contribution in [3.63, 3.8) is 0 Å². The quantitative estimate of drug-likeness (QED) is 0.835. The van der Waals surface area contributed by atoms with Crippen molar-refractivity contribution in [2.24, 2.45) is 0 Å². The highest BCUT2D eigenvalue weighted by Gasteiger charge is 2.11. The van der Waals surface area contributed by atoms with Gasteiger partial charge in [-0.25, -0.2) is 4.98 Å². The van der Waals surface area contributed by atoms with E-state index in [9.17, 15) is 0 Å². The summed E-state index contributed by atoms with van der Waals surface area (Å²) >= 11 is 0. The zero-order valence-corrected chi connectivity index (χ0v) is 10.6. The summed E-state index contributed by atoms with van der Waals surface area (Å²) in [7, 11) is 1.80. The Hall–Kier alpha value is -1.36. The molecule has 5 nitrogen and oxygen atoms in total. The summed E-state index contributed by atoms with van der Waals surface area (Å²) in [5.74, 6) is 1.29. The van der Waals surface area contributed by atoms with Crippen LogP contribution in [0.1, 0.15) is 18.4 Å². The molecule has 94 valence electrons. The van der Waals surface area contributed by atoms with Gasteiger partial charge in [-0.1, -0.05) is 0 Å². The largest absolute Gasteiger partial charge is 0.476 e. The van der Waals surface area contributed by atoms with Gasteiger partial charge in [0.05, 0.1) is 0 Å². The van der Waals surface area contributed by atoms with Crippen LogP contribution in [-0.2, 0) is 0 Å². The Morgan fingerprint density at radius 1 is 1.41 bits per heavy atom. The number of hydrogen-bond acceptors (Lipinski definition) is 5. The molecule has 0 bridgehead atoms. The zero-order chi connectivity index (χ0) is 12.1.